The van der Waals surface area contributed by atoms with Crippen LogP contribution in [0.2, 0.25) is 5.02 Å². The second-order valence-electron chi connectivity index (χ2n) is 4.55. The van der Waals surface area contributed by atoms with E-state index in [4.69, 9.17) is 16.3 Å². The number of ether oxygens (including phenoxy) is 1. The number of aromatic nitrogens is 2. The Kier molecular flexibility index (Phi) is 3.54. The number of aryl methyl sites for hydroxylation is 1. The van der Waals surface area contributed by atoms with Gasteiger partial charge >= 0.3 is 0 Å². The minimum absolute atomic E-state index is 0.0373. The summed E-state index contributed by atoms with van der Waals surface area (Å²) in [5.41, 5.74) is -0.245. The molecule has 0 spiro atoms. The number of methoxy groups -OCH3 is 1. The molecule has 0 amide bonds. The van der Waals surface area contributed by atoms with Gasteiger partial charge in [0.25, 0.3) is 0 Å². The Bertz CT molecular complexity index is 403. The Morgan fingerprint density at radius 2 is 2.12 bits per heavy atom. The van der Waals surface area contributed by atoms with Crippen LogP contribution < -0.4 is 0 Å². The van der Waals surface area contributed by atoms with Gasteiger partial charge in [-0.3, -0.25) is 9.48 Å². The molecule has 1 aliphatic rings. The summed E-state index contributed by atoms with van der Waals surface area (Å²) in [5, 5.41) is 4.41. The number of hydrogen-bond donors (Lipinski definition) is 0. The summed E-state index contributed by atoms with van der Waals surface area (Å²) in [6, 6.07) is 0. The van der Waals surface area contributed by atoms with Gasteiger partial charge < -0.3 is 4.74 Å². The van der Waals surface area contributed by atoms with Crippen molar-refractivity contribution in [2.24, 2.45) is 7.05 Å². The van der Waals surface area contributed by atoms with Crippen LogP contribution in [0, 0.1) is 0 Å². The fourth-order valence-corrected chi connectivity index (χ4v) is 2.78. The maximum atomic E-state index is 12.6. The molecule has 1 aromatic rings. The zero-order valence-electron chi connectivity index (χ0n) is 10.2. The van der Waals surface area contributed by atoms with Crippen LogP contribution in [0.1, 0.15) is 42.6 Å². The second-order valence-corrected chi connectivity index (χ2v) is 4.96. The fraction of sp³-hybridized carbons (Fsp3) is 0.667. The number of ketones is 1. The molecule has 1 aliphatic carbocycles. The summed E-state index contributed by atoms with van der Waals surface area (Å²) in [7, 11) is 3.33. The molecule has 0 aliphatic heterocycles. The molecule has 2 rings (SSSR count). The predicted octanol–water partition coefficient (Wildman–Crippen LogP) is 2.61. The van der Waals surface area contributed by atoms with Crippen molar-refractivity contribution in [3.05, 3.63) is 16.9 Å². The van der Waals surface area contributed by atoms with Crippen LogP contribution in [0.4, 0.5) is 0 Å². The van der Waals surface area contributed by atoms with Crippen LogP contribution in [0.25, 0.3) is 0 Å². The summed E-state index contributed by atoms with van der Waals surface area (Å²) < 4.78 is 7.05. The van der Waals surface area contributed by atoms with E-state index in [-0.39, 0.29) is 5.78 Å². The number of carbonyl (C=O) groups is 1. The highest BCUT2D eigenvalue weighted by molar-refractivity contribution is 6.34. The van der Waals surface area contributed by atoms with E-state index in [1.165, 1.54) is 10.9 Å². The van der Waals surface area contributed by atoms with E-state index in [2.05, 4.69) is 5.10 Å². The van der Waals surface area contributed by atoms with Gasteiger partial charge in [-0.1, -0.05) is 30.9 Å². The Hall–Kier alpha value is -0.870. The standard InChI is InChI=1S/C12H17ClN2O2/c1-15-10(9(13)8-14-15)11(16)12(17-2)6-4-3-5-7-12/h8H,3-7H2,1-2H3. The third-order valence-corrected chi connectivity index (χ3v) is 3.85. The van der Waals surface area contributed by atoms with Crippen LogP contribution in [-0.4, -0.2) is 28.3 Å². The van der Waals surface area contributed by atoms with Crippen molar-refractivity contribution in [1.82, 2.24) is 9.78 Å². The number of nitrogens with zero attached hydrogens (tertiary/aromatic N) is 2. The molecule has 17 heavy (non-hydrogen) atoms. The lowest BCUT2D eigenvalue weighted by Gasteiger charge is -2.34. The van der Waals surface area contributed by atoms with Crippen molar-refractivity contribution in [1.29, 1.82) is 0 Å². The highest BCUT2D eigenvalue weighted by Gasteiger charge is 2.42. The molecule has 0 bridgehead atoms. The van der Waals surface area contributed by atoms with Gasteiger partial charge in [-0.05, 0) is 12.8 Å². The lowest BCUT2D eigenvalue weighted by atomic mass is 9.80. The first kappa shape index (κ1) is 12.6. The number of hydrogen-bond acceptors (Lipinski definition) is 3. The fourth-order valence-electron chi connectivity index (χ4n) is 2.53. The van der Waals surface area contributed by atoms with E-state index in [9.17, 15) is 4.79 Å². The first-order valence-electron chi connectivity index (χ1n) is 5.88. The summed E-state index contributed by atoms with van der Waals surface area (Å²) in [6.45, 7) is 0. The van der Waals surface area contributed by atoms with Gasteiger partial charge in [0.1, 0.15) is 11.3 Å². The molecule has 4 nitrogen and oxygen atoms in total. The van der Waals surface area contributed by atoms with Crippen molar-refractivity contribution in [3.63, 3.8) is 0 Å². The van der Waals surface area contributed by atoms with Crippen molar-refractivity contribution in [2.75, 3.05) is 7.11 Å². The minimum Gasteiger partial charge on any atom is -0.370 e. The average molecular weight is 257 g/mol. The molecular weight excluding hydrogens is 240 g/mol. The predicted molar refractivity (Wildman–Crippen MR) is 65.4 cm³/mol. The number of Topliss-reactive ketones (excluding diaryl/α,β-unsaturated/α-hetero) is 1. The molecule has 0 unspecified atom stereocenters. The Morgan fingerprint density at radius 1 is 1.47 bits per heavy atom. The van der Waals surface area contributed by atoms with E-state index in [0.717, 1.165) is 32.1 Å². The quantitative estimate of drug-likeness (QED) is 0.781. The highest BCUT2D eigenvalue weighted by Crippen LogP contribution is 2.35. The van der Waals surface area contributed by atoms with Crippen LogP contribution >= 0.6 is 11.6 Å². The Morgan fingerprint density at radius 3 is 2.59 bits per heavy atom. The van der Waals surface area contributed by atoms with Gasteiger partial charge in [-0.15, -0.1) is 0 Å². The number of carbonyl (C=O) groups excluding carboxylic acids is 1. The molecule has 0 N–H and O–H groups in total. The zero-order valence-corrected chi connectivity index (χ0v) is 11.0. The smallest absolute Gasteiger partial charge is 0.214 e. The maximum Gasteiger partial charge on any atom is 0.214 e. The topological polar surface area (TPSA) is 44.1 Å². The van der Waals surface area contributed by atoms with Crippen molar-refractivity contribution < 1.29 is 9.53 Å². The van der Waals surface area contributed by atoms with Gasteiger partial charge in [-0.25, -0.2) is 0 Å². The summed E-state index contributed by atoms with van der Waals surface area (Å²) >= 11 is 6.02. The van der Waals surface area contributed by atoms with Crippen LogP contribution in [0.5, 0.6) is 0 Å². The van der Waals surface area contributed by atoms with Gasteiger partial charge in [0.2, 0.25) is 5.78 Å². The number of halogens is 1. The van der Waals surface area contributed by atoms with Gasteiger partial charge in [0, 0.05) is 14.2 Å². The molecular formula is C12H17ClN2O2. The highest BCUT2D eigenvalue weighted by atomic mass is 35.5. The molecule has 94 valence electrons. The van der Waals surface area contributed by atoms with E-state index < -0.39 is 5.60 Å². The summed E-state index contributed by atoms with van der Waals surface area (Å²) in [4.78, 5) is 12.6. The Labute approximate surface area is 106 Å². The second kappa shape index (κ2) is 4.78. The van der Waals surface area contributed by atoms with E-state index in [1.54, 1.807) is 14.2 Å². The zero-order chi connectivity index (χ0) is 12.5. The van der Waals surface area contributed by atoms with Crippen LogP contribution in [-0.2, 0) is 11.8 Å². The van der Waals surface area contributed by atoms with Crippen molar-refractivity contribution >= 4 is 17.4 Å². The third kappa shape index (κ3) is 2.11. The van der Waals surface area contributed by atoms with Crippen LogP contribution in [0.3, 0.4) is 0 Å². The molecule has 1 heterocycles. The van der Waals surface area contributed by atoms with Gasteiger partial charge in [0.05, 0.1) is 11.2 Å². The molecule has 5 heteroatoms. The molecule has 0 atom stereocenters. The summed E-state index contributed by atoms with van der Waals surface area (Å²) in [5.74, 6) is -0.0373. The Balaban J connectivity index is 2.35. The molecule has 0 aromatic carbocycles. The molecule has 0 saturated heterocycles. The lowest BCUT2D eigenvalue weighted by molar-refractivity contribution is -0.0200. The van der Waals surface area contributed by atoms with Crippen molar-refractivity contribution in [2.45, 2.75) is 37.7 Å². The monoisotopic (exact) mass is 256 g/mol. The average Bonchev–Trinajstić information content (AvgIpc) is 2.69. The molecule has 0 radical (unpaired) electrons. The largest absolute Gasteiger partial charge is 0.370 e. The van der Waals surface area contributed by atoms with E-state index in [1.807, 2.05) is 0 Å². The minimum atomic E-state index is -0.699. The molecule has 1 aromatic heterocycles. The normalized spacial score (nSPS) is 19.2. The third-order valence-electron chi connectivity index (χ3n) is 3.57. The van der Waals surface area contributed by atoms with E-state index in [0.29, 0.717) is 10.7 Å². The maximum absolute atomic E-state index is 12.6. The van der Waals surface area contributed by atoms with Gasteiger partial charge in [0.15, 0.2) is 0 Å². The van der Waals surface area contributed by atoms with Gasteiger partial charge in [-0.2, -0.15) is 5.10 Å². The van der Waals surface area contributed by atoms with Crippen molar-refractivity contribution in [3.8, 4) is 0 Å². The first-order valence-corrected chi connectivity index (χ1v) is 6.26. The summed E-state index contributed by atoms with van der Waals surface area (Å²) in [6.07, 6.45) is 6.25. The molecule has 1 saturated carbocycles. The number of rotatable bonds is 3. The lowest BCUT2D eigenvalue weighted by Crippen LogP contribution is -2.43. The first-order chi connectivity index (χ1) is 8.10. The molecule has 1 fully saturated rings. The SMILES string of the molecule is COC1(C(=O)c2c(Cl)cnn2C)CCCCC1. The van der Waals surface area contributed by atoms with E-state index >= 15 is 0 Å². The van der Waals surface area contributed by atoms with Crippen LogP contribution in [0.15, 0.2) is 6.20 Å².